The van der Waals surface area contributed by atoms with Gasteiger partial charge in [-0.2, -0.15) is 0 Å². The summed E-state index contributed by atoms with van der Waals surface area (Å²) in [7, 11) is -3.54. The SMILES string of the molecule is CCC(C)NS(=O)(=O)c1ccc(C(=O)NC2CCC(N)CC2)cc1.Cl. The molecule has 0 saturated heterocycles. The second-order valence-electron chi connectivity index (χ2n) is 6.54. The van der Waals surface area contributed by atoms with Gasteiger partial charge in [0.25, 0.3) is 5.91 Å². The van der Waals surface area contributed by atoms with E-state index >= 15 is 0 Å². The van der Waals surface area contributed by atoms with Crippen LogP contribution in [0, 0.1) is 0 Å². The van der Waals surface area contributed by atoms with Crippen LogP contribution in [0.15, 0.2) is 29.2 Å². The fourth-order valence-corrected chi connectivity index (χ4v) is 4.06. The van der Waals surface area contributed by atoms with E-state index in [9.17, 15) is 13.2 Å². The van der Waals surface area contributed by atoms with Crippen molar-refractivity contribution in [1.29, 1.82) is 0 Å². The molecule has 4 N–H and O–H groups in total. The number of rotatable bonds is 6. The van der Waals surface area contributed by atoms with E-state index in [-0.39, 0.29) is 41.3 Å². The molecule has 1 atom stereocenters. The van der Waals surface area contributed by atoms with E-state index in [1.165, 1.54) is 12.1 Å². The summed E-state index contributed by atoms with van der Waals surface area (Å²) in [4.78, 5) is 12.4. The minimum Gasteiger partial charge on any atom is -0.349 e. The maximum atomic E-state index is 12.3. The van der Waals surface area contributed by atoms with Crippen LogP contribution in [-0.2, 0) is 10.0 Å². The number of halogens is 1. The molecule has 0 bridgehead atoms. The van der Waals surface area contributed by atoms with Crippen molar-refractivity contribution in [3.63, 3.8) is 0 Å². The first-order valence-corrected chi connectivity index (χ1v) is 9.99. The quantitative estimate of drug-likeness (QED) is 0.694. The predicted octanol–water partition coefficient (Wildman–Crippen LogP) is 2.18. The Morgan fingerprint density at radius 3 is 2.28 bits per heavy atom. The first-order chi connectivity index (χ1) is 11.3. The fourth-order valence-electron chi connectivity index (χ4n) is 2.73. The number of sulfonamides is 1. The zero-order chi connectivity index (χ0) is 17.7. The van der Waals surface area contributed by atoms with Gasteiger partial charge in [-0.1, -0.05) is 6.92 Å². The van der Waals surface area contributed by atoms with Gasteiger partial charge in [0.2, 0.25) is 10.0 Å². The molecule has 142 valence electrons. The average molecular weight is 390 g/mol. The van der Waals surface area contributed by atoms with E-state index in [1.807, 2.05) is 13.8 Å². The highest BCUT2D eigenvalue weighted by Crippen LogP contribution is 2.18. The molecular formula is C17H28ClN3O3S. The van der Waals surface area contributed by atoms with Crippen LogP contribution in [0.25, 0.3) is 0 Å². The van der Waals surface area contributed by atoms with Crippen molar-refractivity contribution in [2.24, 2.45) is 5.73 Å². The first kappa shape index (κ1) is 21.9. The summed E-state index contributed by atoms with van der Waals surface area (Å²) in [5, 5.41) is 3.00. The molecule has 1 aliphatic rings. The van der Waals surface area contributed by atoms with Crippen LogP contribution in [-0.4, -0.2) is 32.5 Å². The minimum absolute atomic E-state index is 0. The van der Waals surface area contributed by atoms with Crippen molar-refractivity contribution in [3.05, 3.63) is 29.8 Å². The molecule has 1 amide bonds. The van der Waals surface area contributed by atoms with E-state index < -0.39 is 10.0 Å². The molecule has 0 radical (unpaired) electrons. The molecule has 1 fully saturated rings. The molecule has 8 heteroatoms. The highest BCUT2D eigenvalue weighted by Gasteiger charge is 2.21. The summed E-state index contributed by atoms with van der Waals surface area (Å²) in [5.41, 5.74) is 6.33. The fraction of sp³-hybridized carbons (Fsp3) is 0.588. The molecule has 6 nitrogen and oxygen atoms in total. The Kier molecular flexibility index (Phi) is 8.34. The first-order valence-electron chi connectivity index (χ1n) is 8.50. The van der Waals surface area contributed by atoms with Gasteiger partial charge in [0, 0.05) is 23.7 Å². The Morgan fingerprint density at radius 1 is 1.20 bits per heavy atom. The van der Waals surface area contributed by atoms with Crippen LogP contribution in [0.5, 0.6) is 0 Å². The van der Waals surface area contributed by atoms with Crippen LogP contribution >= 0.6 is 12.4 Å². The molecule has 0 spiro atoms. The lowest BCUT2D eigenvalue weighted by Gasteiger charge is -2.26. The smallest absolute Gasteiger partial charge is 0.251 e. The second-order valence-corrected chi connectivity index (χ2v) is 8.25. The van der Waals surface area contributed by atoms with Gasteiger partial charge >= 0.3 is 0 Å². The Labute approximate surface area is 156 Å². The van der Waals surface area contributed by atoms with Gasteiger partial charge in [0.15, 0.2) is 0 Å². The Bertz CT molecular complexity index is 656. The lowest BCUT2D eigenvalue weighted by molar-refractivity contribution is 0.0925. The monoisotopic (exact) mass is 389 g/mol. The maximum Gasteiger partial charge on any atom is 0.251 e. The molecule has 2 rings (SSSR count). The third-order valence-corrected chi connectivity index (χ3v) is 6.11. The highest BCUT2D eigenvalue weighted by atomic mass is 35.5. The maximum absolute atomic E-state index is 12.3. The summed E-state index contributed by atoms with van der Waals surface area (Å²) in [6.45, 7) is 3.73. The molecule has 1 unspecified atom stereocenters. The van der Waals surface area contributed by atoms with Gasteiger partial charge in [-0.25, -0.2) is 13.1 Å². The summed E-state index contributed by atoms with van der Waals surface area (Å²) in [6.07, 6.45) is 4.33. The van der Waals surface area contributed by atoms with E-state index in [1.54, 1.807) is 12.1 Å². The number of benzene rings is 1. The Morgan fingerprint density at radius 2 is 1.76 bits per heavy atom. The topological polar surface area (TPSA) is 101 Å². The van der Waals surface area contributed by atoms with E-state index in [2.05, 4.69) is 10.0 Å². The number of carbonyl (C=O) groups is 1. The molecule has 1 aromatic rings. The average Bonchev–Trinajstić information content (AvgIpc) is 2.56. The van der Waals surface area contributed by atoms with E-state index in [0.717, 1.165) is 25.7 Å². The normalized spacial score (nSPS) is 21.9. The van der Waals surface area contributed by atoms with E-state index in [4.69, 9.17) is 5.73 Å². The van der Waals surface area contributed by atoms with Gasteiger partial charge in [-0.3, -0.25) is 4.79 Å². The molecule has 0 heterocycles. The molecule has 1 aromatic carbocycles. The van der Waals surface area contributed by atoms with Crippen molar-refractivity contribution < 1.29 is 13.2 Å². The van der Waals surface area contributed by atoms with Crippen molar-refractivity contribution in [1.82, 2.24) is 10.0 Å². The largest absolute Gasteiger partial charge is 0.349 e. The molecule has 0 aliphatic heterocycles. The van der Waals surface area contributed by atoms with Gasteiger partial charge in [0.05, 0.1) is 4.90 Å². The lowest BCUT2D eigenvalue weighted by atomic mass is 9.91. The van der Waals surface area contributed by atoms with Crippen LogP contribution < -0.4 is 15.8 Å². The predicted molar refractivity (Wildman–Crippen MR) is 101 cm³/mol. The van der Waals surface area contributed by atoms with Crippen molar-refractivity contribution in [3.8, 4) is 0 Å². The van der Waals surface area contributed by atoms with Crippen LogP contribution in [0.3, 0.4) is 0 Å². The Balaban J connectivity index is 0.00000312. The number of amides is 1. The van der Waals surface area contributed by atoms with Gasteiger partial charge < -0.3 is 11.1 Å². The molecule has 0 aromatic heterocycles. The number of nitrogens with two attached hydrogens (primary N) is 1. The highest BCUT2D eigenvalue weighted by molar-refractivity contribution is 7.89. The summed E-state index contributed by atoms with van der Waals surface area (Å²) in [6, 6.07) is 6.29. The van der Waals surface area contributed by atoms with Crippen LogP contribution in [0.2, 0.25) is 0 Å². The van der Waals surface area contributed by atoms with Crippen molar-refractivity contribution >= 4 is 28.3 Å². The zero-order valence-electron chi connectivity index (χ0n) is 14.7. The minimum atomic E-state index is -3.54. The number of nitrogens with one attached hydrogen (secondary N) is 2. The van der Waals surface area contributed by atoms with Crippen LogP contribution in [0.1, 0.15) is 56.3 Å². The van der Waals surface area contributed by atoms with Crippen molar-refractivity contribution in [2.75, 3.05) is 0 Å². The number of hydrogen-bond donors (Lipinski definition) is 3. The second kappa shape index (κ2) is 9.52. The summed E-state index contributed by atoms with van der Waals surface area (Å²) >= 11 is 0. The summed E-state index contributed by atoms with van der Waals surface area (Å²) < 4.78 is 27.0. The van der Waals surface area contributed by atoms with Crippen LogP contribution in [0.4, 0.5) is 0 Å². The van der Waals surface area contributed by atoms with Gasteiger partial charge in [-0.05, 0) is 63.3 Å². The zero-order valence-corrected chi connectivity index (χ0v) is 16.3. The van der Waals surface area contributed by atoms with E-state index in [0.29, 0.717) is 12.0 Å². The summed E-state index contributed by atoms with van der Waals surface area (Å²) in [5.74, 6) is -0.172. The third kappa shape index (κ3) is 6.26. The van der Waals surface area contributed by atoms with Gasteiger partial charge in [-0.15, -0.1) is 12.4 Å². The number of hydrogen-bond acceptors (Lipinski definition) is 4. The number of carbonyl (C=O) groups excluding carboxylic acids is 1. The standard InChI is InChI=1S/C17H27N3O3S.ClH/c1-3-12(2)20-24(22,23)16-10-4-13(5-11-16)17(21)19-15-8-6-14(18)7-9-15;/h4-5,10-12,14-15,20H,3,6-9,18H2,1-2H3,(H,19,21);1H. The molecular weight excluding hydrogens is 362 g/mol. The van der Waals surface area contributed by atoms with Crippen molar-refractivity contribution in [2.45, 2.75) is 69.0 Å². The Hall–Kier alpha value is -1.15. The third-order valence-electron chi connectivity index (χ3n) is 4.50. The molecule has 25 heavy (non-hydrogen) atoms. The molecule has 1 saturated carbocycles. The molecule has 1 aliphatic carbocycles. The van der Waals surface area contributed by atoms with Gasteiger partial charge in [0.1, 0.15) is 0 Å². The lowest BCUT2D eigenvalue weighted by Crippen LogP contribution is -2.40.